The monoisotopic (exact) mass is 613 g/mol. The minimum absolute atomic E-state index is 0.132. The van der Waals surface area contributed by atoms with Crippen molar-refractivity contribution in [2.45, 2.75) is 45.5 Å². The summed E-state index contributed by atoms with van der Waals surface area (Å²) in [6, 6.07) is 34.1. The van der Waals surface area contributed by atoms with E-state index in [2.05, 4.69) is 5.32 Å². The van der Waals surface area contributed by atoms with Crippen LogP contribution in [0.5, 0.6) is 5.75 Å². The predicted octanol–water partition coefficient (Wildman–Crippen LogP) is 5.20. The van der Waals surface area contributed by atoms with Gasteiger partial charge in [-0.3, -0.25) is 13.9 Å². The Kier molecular flexibility index (Phi) is 11.2. The summed E-state index contributed by atoms with van der Waals surface area (Å²) in [4.78, 5) is 29.2. The smallest absolute Gasteiger partial charge is 0.244 e. The fourth-order valence-electron chi connectivity index (χ4n) is 4.78. The Bertz CT molecular complexity index is 1600. The summed E-state index contributed by atoms with van der Waals surface area (Å²) in [6.07, 6.45) is 1.33. The highest BCUT2D eigenvalue weighted by atomic mass is 32.2. The molecule has 44 heavy (non-hydrogen) atoms. The average Bonchev–Trinajstić information content (AvgIpc) is 3.01. The minimum Gasteiger partial charge on any atom is -0.489 e. The number of benzene rings is 4. The third-order valence-corrected chi connectivity index (χ3v) is 8.09. The zero-order chi connectivity index (χ0) is 31.5. The summed E-state index contributed by atoms with van der Waals surface area (Å²) in [5.74, 6) is -0.237. The van der Waals surface area contributed by atoms with Crippen LogP contribution in [0.15, 0.2) is 115 Å². The molecule has 0 saturated carbocycles. The van der Waals surface area contributed by atoms with Crippen LogP contribution in [0.2, 0.25) is 0 Å². The van der Waals surface area contributed by atoms with Crippen LogP contribution in [0.1, 0.15) is 30.5 Å². The first-order chi connectivity index (χ1) is 21.1. The molecule has 4 aromatic rings. The maximum Gasteiger partial charge on any atom is 0.244 e. The first-order valence-corrected chi connectivity index (χ1v) is 16.4. The van der Waals surface area contributed by atoms with E-state index in [4.69, 9.17) is 4.74 Å². The van der Waals surface area contributed by atoms with Crippen molar-refractivity contribution in [3.05, 3.63) is 132 Å². The fraction of sp³-hybridized carbons (Fsp3) is 0.257. The van der Waals surface area contributed by atoms with E-state index in [0.717, 1.165) is 27.3 Å². The van der Waals surface area contributed by atoms with E-state index in [-0.39, 0.29) is 24.9 Å². The van der Waals surface area contributed by atoms with Crippen molar-refractivity contribution in [3.63, 3.8) is 0 Å². The summed E-state index contributed by atoms with van der Waals surface area (Å²) in [5, 5.41) is 2.95. The number of amides is 2. The second-order valence-electron chi connectivity index (χ2n) is 10.9. The van der Waals surface area contributed by atoms with Gasteiger partial charge in [-0.05, 0) is 54.8 Å². The van der Waals surface area contributed by atoms with Crippen molar-refractivity contribution in [1.82, 2.24) is 10.2 Å². The molecule has 1 atom stereocenters. The fourth-order valence-corrected chi connectivity index (χ4v) is 5.63. The Hall–Kier alpha value is -4.63. The van der Waals surface area contributed by atoms with Gasteiger partial charge in [-0.25, -0.2) is 8.42 Å². The summed E-state index contributed by atoms with van der Waals surface area (Å²) >= 11 is 0. The second-order valence-corrected chi connectivity index (χ2v) is 12.8. The van der Waals surface area contributed by atoms with Gasteiger partial charge in [-0.2, -0.15) is 0 Å². The highest BCUT2D eigenvalue weighted by molar-refractivity contribution is 7.92. The van der Waals surface area contributed by atoms with Gasteiger partial charge in [-0.1, -0.05) is 91.0 Å². The van der Waals surface area contributed by atoms with Gasteiger partial charge in [0.1, 0.15) is 24.9 Å². The van der Waals surface area contributed by atoms with Gasteiger partial charge in [0.15, 0.2) is 0 Å². The standard InChI is InChI=1S/C35H39N3O5S/c1-27(2)36-35(40)33(23-28-13-7-4-8-14-28)37(24-29-15-9-5-10-16-29)34(39)25-38(44(3,41)42)31-19-21-32(22-20-31)43-26-30-17-11-6-12-18-30/h4-22,27,33H,23-26H2,1-3H3,(H,36,40)/t33-/m1/s1. The first-order valence-electron chi connectivity index (χ1n) is 14.5. The maximum absolute atomic E-state index is 14.1. The summed E-state index contributed by atoms with van der Waals surface area (Å²) in [7, 11) is -3.87. The predicted molar refractivity (Wildman–Crippen MR) is 174 cm³/mol. The van der Waals surface area contributed by atoms with Crippen LogP contribution in [0.4, 0.5) is 5.69 Å². The van der Waals surface area contributed by atoms with E-state index in [0.29, 0.717) is 18.0 Å². The van der Waals surface area contributed by atoms with E-state index in [1.807, 2.05) is 105 Å². The lowest BCUT2D eigenvalue weighted by Crippen LogP contribution is -2.54. The molecular formula is C35H39N3O5S. The van der Waals surface area contributed by atoms with E-state index in [1.165, 1.54) is 4.90 Å². The average molecular weight is 614 g/mol. The Morgan fingerprint density at radius 1 is 0.750 bits per heavy atom. The number of nitrogens with zero attached hydrogens (tertiary/aromatic N) is 2. The molecule has 9 heteroatoms. The molecule has 0 aliphatic rings. The Balaban J connectivity index is 1.62. The molecule has 0 bridgehead atoms. The Morgan fingerprint density at radius 2 is 1.27 bits per heavy atom. The van der Waals surface area contributed by atoms with Crippen LogP contribution in [0, 0.1) is 0 Å². The lowest BCUT2D eigenvalue weighted by Gasteiger charge is -2.34. The van der Waals surface area contributed by atoms with Crippen LogP contribution >= 0.6 is 0 Å². The Labute approximate surface area is 260 Å². The number of hydrogen-bond donors (Lipinski definition) is 1. The molecule has 1 N–H and O–H groups in total. The van der Waals surface area contributed by atoms with Crippen LogP contribution < -0.4 is 14.4 Å². The molecule has 0 aliphatic heterocycles. The van der Waals surface area contributed by atoms with Gasteiger partial charge in [0, 0.05) is 19.0 Å². The van der Waals surface area contributed by atoms with Crippen molar-refractivity contribution >= 4 is 27.5 Å². The van der Waals surface area contributed by atoms with Gasteiger partial charge in [0.2, 0.25) is 21.8 Å². The topological polar surface area (TPSA) is 96.0 Å². The number of carbonyl (C=O) groups is 2. The first kappa shape index (κ1) is 32.3. The number of carbonyl (C=O) groups excluding carboxylic acids is 2. The van der Waals surface area contributed by atoms with Crippen LogP contribution in [-0.4, -0.2) is 50.0 Å². The molecule has 2 amide bonds. The van der Waals surface area contributed by atoms with Gasteiger partial charge in [0.25, 0.3) is 0 Å². The highest BCUT2D eigenvalue weighted by Gasteiger charge is 2.33. The van der Waals surface area contributed by atoms with Gasteiger partial charge < -0.3 is 15.0 Å². The van der Waals surface area contributed by atoms with Crippen molar-refractivity contribution in [2.75, 3.05) is 17.1 Å². The maximum atomic E-state index is 14.1. The summed E-state index contributed by atoms with van der Waals surface area (Å²) in [6.45, 7) is 3.74. The lowest BCUT2D eigenvalue weighted by atomic mass is 10.0. The van der Waals surface area contributed by atoms with Crippen LogP contribution in [0.25, 0.3) is 0 Å². The van der Waals surface area contributed by atoms with Crippen LogP contribution in [0.3, 0.4) is 0 Å². The number of ether oxygens (including phenoxy) is 1. The van der Waals surface area contributed by atoms with Crippen LogP contribution in [-0.2, 0) is 39.2 Å². The molecule has 0 aliphatic carbocycles. The zero-order valence-corrected chi connectivity index (χ0v) is 26.1. The van der Waals surface area contributed by atoms with E-state index >= 15 is 0 Å². The molecule has 230 valence electrons. The van der Waals surface area contributed by atoms with Crippen molar-refractivity contribution in [1.29, 1.82) is 0 Å². The molecule has 0 heterocycles. The summed E-state index contributed by atoms with van der Waals surface area (Å²) < 4.78 is 33.0. The molecular weight excluding hydrogens is 574 g/mol. The number of nitrogens with one attached hydrogen (secondary N) is 1. The van der Waals surface area contributed by atoms with E-state index < -0.39 is 28.5 Å². The van der Waals surface area contributed by atoms with Gasteiger partial charge >= 0.3 is 0 Å². The molecule has 0 aromatic heterocycles. The Morgan fingerprint density at radius 3 is 1.80 bits per heavy atom. The quantitative estimate of drug-likeness (QED) is 0.211. The molecule has 8 nitrogen and oxygen atoms in total. The lowest BCUT2D eigenvalue weighted by molar-refractivity contribution is -0.140. The third kappa shape index (κ3) is 9.44. The summed E-state index contributed by atoms with van der Waals surface area (Å²) in [5.41, 5.74) is 3.03. The number of anilines is 1. The normalized spacial score (nSPS) is 11.9. The van der Waals surface area contributed by atoms with E-state index in [9.17, 15) is 18.0 Å². The second kappa shape index (κ2) is 15.2. The molecule has 4 rings (SSSR count). The molecule has 0 unspecified atom stereocenters. The van der Waals surface area contributed by atoms with Gasteiger partial charge in [0.05, 0.1) is 11.9 Å². The number of rotatable bonds is 14. The molecule has 0 saturated heterocycles. The van der Waals surface area contributed by atoms with Gasteiger partial charge in [-0.15, -0.1) is 0 Å². The molecule has 0 radical (unpaired) electrons. The van der Waals surface area contributed by atoms with Crippen molar-refractivity contribution in [2.24, 2.45) is 0 Å². The zero-order valence-electron chi connectivity index (χ0n) is 25.3. The number of hydrogen-bond acceptors (Lipinski definition) is 5. The van der Waals surface area contributed by atoms with Crippen molar-refractivity contribution < 1.29 is 22.7 Å². The molecule has 0 fully saturated rings. The number of sulfonamides is 1. The van der Waals surface area contributed by atoms with Crippen molar-refractivity contribution in [3.8, 4) is 5.75 Å². The molecule has 0 spiro atoms. The SMILES string of the molecule is CC(C)NC(=O)[C@@H](Cc1ccccc1)N(Cc1ccccc1)C(=O)CN(c1ccc(OCc2ccccc2)cc1)S(C)(=O)=O. The third-order valence-electron chi connectivity index (χ3n) is 6.95. The molecule has 4 aromatic carbocycles. The highest BCUT2D eigenvalue weighted by Crippen LogP contribution is 2.24. The largest absolute Gasteiger partial charge is 0.489 e. The minimum atomic E-state index is -3.87. The van der Waals surface area contributed by atoms with E-state index in [1.54, 1.807) is 24.3 Å².